The SMILES string of the molecule is OC(c1cc(Br)c(Br)o1)c1cccc2[nH]ccc12. The number of hydrogen-bond donors (Lipinski definition) is 2. The Labute approximate surface area is 120 Å². The molecular formula is C13H9Br2NO2. The number of benzene rings is 1. The second-order valence-corrected chi connectivity index (χ2v) is 5.53. The molecule has 3 rings (SSSR count). The molecule has 0 fully saturated rings. The fourth-order valence-corrected chi connectivity index (χ4v) is 2.61. The van der Waals surface area contributed by atoms with Crippen LogP contribution in [0.1, 0.15) is 17.4 Å². The number of nitrogens with one attached hydrogen (secondary N) is 1. The van der Waals surface area contributed by atoms with Gasteiger partial charge in [-0.25, -0.2) is 0 Å². The van der Waals surface area contributed by atoms with Crippen molar-refractivity contribution < 1.29 is 9.52 Å². The highest BCUT2D eigenvalue weighted by Crippen LogP contribution is 2.34. The van der Waals surface area contributed by atoms with Crippen LogP contribution in [0.25, 0.3) is 10.9 Å². The van der Waals surface area contributed by atoms with Gasteiger partial charge in [-0.1, -0.05) is 12.1 Å². The van der Waals surface area contributed by atoms with Crippen molar-refractivity contribution in [1.29, 1.82) is 0 Å². The van der Waals surface area contributed by atoms with Crippen molar-refractivity contribution in [3.05, 3.63) is 57.0 Å². The topological polar surface area (TPSA) is 49.2 Å². The van der Waals surface area contributed by atoms with Gasteiger partial charge in [0.25, 0.3) is 0 Å². The Kier molecular flexibility index (Phi) is 3.05. The highest BCUT2D eigenvalue weighted by molar-refractivity contribution is 9.13. The quantitative estimate of drug-likeness (QED) is 0.703. The van der Waals surface area contributed by atoms with E-state index in [0.29, 0.717) is 10.4 Å². The van der Waals surface area contributed by atoms with Crippen LogP contribution in [0.2, 0.25) is 0 Å². The lowest BCUT2D eigenvalue weighted by molar-refractivity contribution is 0.189. The average molecular weight is 371 g/mol. The molecule has 0 bridgehead atoms. The molecule has 2 heterocycles. The molecule has 3 aromatic rings. The van der Waals surface area contributed by atoms with Gasteiger partial charge in [-0.05, 0) is 55.6 Å². The number of aliphatic hydroxyl groups is 1. The van der Waals surface area contributed by atoms with E-state index in [4.69, 9.17) is 4.42 Å². The second-order valence-electron chi connectivity index (χ2n) is 3.96. The second kappa shape index (κ2) is 4.57. The third-order valence-corrected chi connectivity index (χ3v) is 4.57. The molecule has 1 aromatic carbocycles. The fraction of sp³-hybridized carbons (Fsp3) is 0.0769. The van der Waals surface area contributed by atoms with Crippen LogP contribution in [-0.4, -0.2) is 10.1 Å². The monoisotopic (exact) mass is 369 g/mol. The minimum absolute atomic E-state index is 0.502. The summed E-state index contributed by atoms with van der Waals surface area (Å²) in [7, 11) is 0. The minimum Gasteiger partial charge on any atom is -0.450 e. The van der Waals surface area contributed by atoms with E-state index in [1.807, 2.05) is 30.5 Å². The largest absolute Gasteiger partial charge is 0.450 e. The molecule has 0 saturated carbocycles. The van der Waals surface area contributed by atoms with Crippen molar-refractivity contribution in [1.82, 2.24) is 4.98 Å². The highest BCUT2D eigenvalue weighted by Gasteiger charge is 2.19. The predicted molar refractivity (Wildman–Crippen MR) is 76.5 cm³/mol. The van der Waals surface area contributed by atoms with Gasteiger partial charge in [0.15, 0.2) is 4.67 Å². The van der Waals surface area contributed by atoms with Gasteiger partial charge in [0, 0.05) is 17.1 Å². The maximum atomic E-state index is 10.4. The number of hydrogen-bond acceptors (Lipinski definition) is 2. The minimum atomic E-state index is -0.785. The number of aromatic amines is 1. The number of fused-ring (bicyclic) bond motifs is 1. The molecule has 5 heteroatoms. The van der Waals surface area contributed by atoms with Gasteiger partial charge in [-0.3, -0.25) is 0 Å². The first-order valence-corrected chi connectivity index (χ1v) is 6.94. The zero-order chi connectivity index (χ0) is 12.7. The van der Waals surface area contributed by atoms with Crippen molar-refractivity contribution >= 4 is 42.8 Å². The standard InChI is InChI=1S/C13H9Br2NO2/c14-9-6-11(18-13(9)15)12(17)8-2-1-3-10-7(8)4-5-16-10/h1-6,12,16-17H. The summed E-state index contributed by atoms with van der Waals surface area (Å²) in [5.41, 5.74) is 1.82. The number of aliphatic hydroxyl groups excluding tert-OH is 1. The van der Waals surface area contributed by atoms with Gasteiger partial charge < -0.3 is 14.5 Å². The summed E-state index contributed by atoms with van der Waals surface area (Å²) in [5, 5.41) is 11.4. The van der Waals surface area contributed by atoms with Gasteiger partial charge >= 0.3 is 0 Å². The molecule has 1 unspecified atom stereocenters. The molecule has 2 N–H and O–H groups in total. The summed E-state index contributed by atoms with van der Waals surface area (Å²) in [4.78, 5) is 3.12. The van der Waals surface area contributed by atoms with E-state index in [0.717, 1.165) is 20.9 Å². The Morgan fingerprint density at radius 2 is 2.06 bits per heavy atom. The lowest BCUT2D eigenvalue weighted by Crippen LogP contribution is -1.98. The Morgan fingerprint density at radius 1 is 1.22 bits per heavy atom. The molecule has 92 valence electrons. The molecule has 2 aromatic heterocycles. The molecule has 3 nitrogen and oxygen atoms in total. The average Bonchev–Trinajstić information content (AvgIpc) is 2.95. The Hall–Kier alpha value is -1.04. The lowest BCUT2D eigenvalue weighted by atomic mass is 10.0. The van der Waals surface area contributed by atoms with Gasteiger partial charge in [-0.2, -0.15) is 0 Å². The van der Waals surface area contributed by atoms with Crippen LogP contribution < -0.4 is 0 Å². The molecule has 0 saturated heterocycles. The Balaban J connectivity index is 2.11. The molecule has 0 aliphatic heterocycles. The fourth-order valence-electron chi connectivity index (χ4n) is 2.00. The number of rotatable bonds is 2. The maximum Gasteiger partial charge on any atom is 0.183 e. The van der Waals surface area contributed by atoms with Crippen LogP contribution >= 0.6 is 31.9 Å². The van der Waals surface area contributed by atoms with E-state index in [9.17, 15) is 5.11 Å². The molecule has 0 aliphatic rings. The van der Waals surface area contributed by atoms with Crippen molar-refractivity contribution in [2.45, 2.75) is 6.10 Å². The molecule has 0 radical (unpaired) electrons. The van der Waals surface area contributed by atoms with Crippen molar-refractivity contribution in [2.75, 3.05) is 0 Å². The number of halogens is 2. The highest BCUT2D eigenvalue weighted by atomic mass is 79.9. The number of furan rings is 1. The van der Waals surface area contributed by atoms with Gasteiger partial charge in [-0.15, -0.1) is 0 Å². The van der Waals surface area contributed by atoms with Crippen LogP contribution in [0.4, 0.5) is 0 Å². The molecule has 18 heavy (non-hydrogen) atoms. The zero-order valence-corrected chi connectivity index (χ0v) is 12.3. The normalized spacial score (nSPS) is 13.1. The van der Waals surface area contributed by atoms with Crippen molar-refractivity contribution in [3.8, 4) is 0 Å². The van der Waals surface area contributed by atoms with Crippen LogP contribution in [0.15, 0.2) is 50.1 Å². The Morgan fingerprint density at radius 3 is 2.78 bits per heavy atom. The summed E-state index contributed by atoms with van der Waals surface area (Å²) in [5.74, 6) is 0.502. The van der Waals surface area contributed by atoms with Gasteiger partial charge in [0.05, 0.1) is 4.47 Å². The summed E-state index contributed by atoms with van der Waals surface area (Å²) in [6.45, 7) is 0. The molecule has 0 amide bonds. The van der Waals surface area contributed by atoms with E-state index in [1.165, 1.54) is 0 Å². The number of aromatic nitrogens is 1. The van der Waals surface area contributed by atoms with E-state index < -0.39 is 6.10 Å². The summed E-state index contributed by atoms with van der Waals surface area (Å²) < 4.78 is 6.84. The third kappa shape index (κ3) is 1.92. The first-order valence-electron chi connectivity index (χ1n) is 5.35. The maximum absolute atomic E-state index is 10.4. The van der Waals surface area contributed by atoms with E-state index in [2.05, 4.69) is 36.8 Å². The summed E-state index contributed by atoms with van der Waals surface area (Å²) >= 11 is 6.61. The van der Waals surface area contributed by atoms with Crippen LogP contribution in [0, 0.1) is 0 Å². The van der Waals surface area contributed by atoms with Crippen LogP contribution in [-0.2, 0) is 0 Å². The smallest absolute Gasteiger partial charge is 0.183 e. The van der Waals surface area contributed by atoms with Crippen molar-refractivity contribution in [3.63, 3.8) is 0 Å². The van der Waals surface area contributed by atoms with Gasteiger partial charge in [0.2, 0.25) is 0 Å². The van der Waals surface area contributed by atoms with Crippen molar-refractivity contribution in [2.24, 2.45) is 0 Å². The zero-order valence-electron chi connectivity index (χ0n) is 9.15. The van der Waals surface area contributed by atoms with Crippen LogP contribution in [0.3, 0.4) is 0 Å². The van der Waals surface area contributed by atoms with E-state index in [-0.39, 0.29) is 0 Å². The molecular weight excluding hydrogens is 362 g/mol. The predicted octanol–water partition coefficient (Wildman–Crippen LogP) is 4.37. The lowest BCUT2D eigenvalue weighted by Gasteiger charge is -2.09. The number of H-pyrrole nitrogens is 1. The first-order chi connectivity index (χ1) is 8.66. The molecule has 0 aliphatic carbocycles. The van der Waals surface area contributed by atoms with Gasteiger partial charge in [0.1, 0.15) is 11.9 Å². The molecule has 0 spiro atoms. The summed E-state index contributed by atoms with van der Waals surface area (Å²) in [6.07, 6.45) is 1.07. The summed E-state index contributed by atoms with van der Waals surface area (Å²) in [6, 6.07) is 9.48. The van der Waals surface area contributed by atoms with E-state index >= 15 is 0 Å². The third-order valence-electron chi connectivity index (χ3n) is 2.86. The molecule has 1 atom stereocenters. The van der Waals surface area contributed by atoms with Crippen LogP contribution in [0.5, 0.6) is 0 Å². The first kappa shape index (κ1) is 12.0. The van der Waals surface area contributed by atoms with E-state index in [1.54, 1.807) is 6.07 Å². The Bertz CT molecular complexity index is 682.